The second-order valence-corrected chi connectivity index (χ2v) is 10.7. The number of amides is 1. The van der Waals surface area contributed by atoms with E-state index >= 15 is 0 Å². The summed E-state index contributed by atoms with van der Waals surface area (Å²) in [7, 11) is 0. The molecule has 3 rings (SSSR count). The van der Waals surface area contributed by atoms with E-state index in [0.717, 1.165) is 17.1 Å². The largest absolute Gasteiger partial charge is 0.424 e. The fourth-order valence-electron chi connectivity index (χ4n) is 3.04. The molecule has 1 amide bonds. The van der Waals surface area contributed by atoms with Gasteiger partial charge in [-0.3, -0.25) is 9.69 Å². The fraction of sp³-hybridized carbons (Fsp3) is 0.524. The summed E-state index contributed by atoms with van der Waals surface area (Å²) in [5.74, 6) is 0.311. The highest BCUT2D eigenvalue weighted by atomic mass is 32.2. The van der Waals surface area contributed by atoms with Crippen LogP contribution in [-0.4, -0.2) is 22.5 Å². The number of fused-ring (bicyclic) bond motifs is 1. The van der Waals surface area contributed by atoms with Crippen molar-refractivity contribution in [3.8, 4) is 0 Å². The highest BCUT2D eigenvalue weighted by Crippen LogP contribution is 2.53. The van der Waals surface area contributed by atoms with Gasteiger partial charge in [-0.2, -0.15) is 0 Å². The predicted molar refractivity (Wildman–Crippen MR) is 118 cm³/mol. The van der Waals surface area contributed by atoms with E-state index in [1.54, 1.807) is 28.4 Å². The summed E-state index contributed by atoms with van der Waals surface area (Å²) in [6, 6.07) is 6.54. The maximum atomic E-state index is 12.8. The Balaban J connectivity index is 1.70. The minimum absolute atomic E-state index is 0.0886. The SMILES string of the molecule is CCCCCCCN1C(=O)/C(=C2\Sc3ccc(C(C)(C)C)cc3S2)OC1=S. The summed E-state index contributed by atoms with van der Waals surface area (Å²) in [6.07, 6.45) is 5.75. The summed E-state index contributed by atoms with van der Waals surface area (Å²) in [6.45, 7) is 9.48. The van der Waals surface area contributed by atoms with Crippen LogP contribution in [-0.2, 0) is 14.9 Å². The van der Waals surface area contributed by atoms with Crippen molar-refractivity contribution in [3.63, 3.8) is 0 Å². The minimum atomic E-state index is -0.0886. The predicted octanol–water partition coefficient (Wildman–Crippen LogP) is 6.47. The molecule has 0 aliphatic carbocycles. The van der Waals surface area contributed by atoms with Crippen LogP contribution >= 0.6 is 35.7 Å². The smallest absolute Gasteiger partial charge is 0.298 e. The number of thiocarbonyl (C=S) groups is 1. The summed E-state index contributed by atoms with van der Waals surface area (Å²) in [5.41, 5.74) is 1.40. The Morgan fingerprint density at radius 2 is 1.78 bits per heavy atom. The van der Waals surface area contributed by atoms with E-state index in [9.17, 15) is 4.79 Å². The second-order valence-electron chi connectivity index (χ2n) is 7.97. The van der Waals surface area contributed by atoms with Crippen molar-refractivity contribution in [2.75, 3.05) is 6.54 Å². The number of benzene rings is 1. The number of hydrogen-bond donors (Lipinski definition) is 0. The molecule has 1 aromatic carbocycles. The first-order valence-corrected chi connectivity index (χ1v) is 11.6. The van der Waals surface area contributed by atoms with Crippen molar-refractivity contribution in [3.05, 3.63) is 33.8 Å². The quantitative estimate of drug-likeness (QED) is 0.298. The fourth-order valence-corrected chi connectivity index (χ4v) is 5.74. The van der Waals surface area contributed by atoms with Crippen LogP contribution in [0.25, 0.3) is 0 Å². The summed E-state index contributed by atoms with van der Waals surface area (Å²) in [5, 5.41) is 0.297. The first kappa shape index (κ1) is 20.7. The normalized spacial score (nSPS) is 19.6. The van der Waals surface area contributed by atoms with E-state index < -0.39 is 0 Å². The molecule has 27 heavy (non-hydrogen) atoms. The Morgan fingerprint density at radius 1 is 1.07 bits per heavy atom. The lowest BCUT2D eigenvalue weighted by Gasteiger charge is -2.19. The number of hydrogen-bond acceptors (Lipinski definition) is 5. The van der Waals surface area contributed by atoms with Crippen molar-refractivity contribution in [2.45, 2.75) is 75.0 Å². The van der Waals surface area contributed by atoms with Crippen LogP contribution in [0.3, 0.4) is 0 Å². The van der Waals surface area contributed by atoms with Gasteiger partial charge in [-0.15, -0.1) is 0 Å². The molecule has 3 nitrogen and oxygen atoms in total. The van der Waals surface area contributed by atoms with Gasteiger partial charge in [0.05, 0.1) is 4.24 Å². The van der Waals surface area contributed by atoms with Gasteiger partial charge in [-0.25, -0.2) is 0 Å². The van der Waals surface area contributed by atoms with E-state index in [-0.39, 0.29) is 11.3 Å². The van der Waals surface area contributed by atoms with Crippen LogP contribution in [0.15, 0.2) is 38.0 Å². The summed E-state index contributed by atoms with van der Waals surface area (Å²) < 4.78 is 6.62. The van der Waals surface area contributed by atoms with Gasteiger partial charge in [0.25, 0.3) is 11.1 Å². The average molecular weight is 422 g/mol. The summed E-state index contributed by atoms with van der Waals surface area (Å²) in [4.78, 5) is 16.8. The molecule has 0 radical (unpaired) electrons. The molecule has 0 aromatic heterocycles. The third kappa shape index (κ3) is 4.72. The van der Waals surface area contributed by atoms with Gasteiger partial charge in [0.1, 0.15) is 0 Å². The topological polar surface area (TPSA) is 29.5 Å². The standard InChI is InChI=1S/C21H27NO2S3/c1-5-6-7-8-9-12-22-18(23)17(24-20(22)25)19-26-15-11-10-14(21(2,3)4)13-16(15)27-19/h10-11,13H,5-9,12H2,1-4H3/b19-17-. The maximum Gasteiger partial charge on any atom is 0.298 e. The Bertz CT molecular complexity index is 780. The van der Waals surface area contributed by atoms with Gasteiger partial charge in [0.15, 0.2) is 0 Å². The Morgan fingerprint density at radius 3 is 2.48 bits per heavy atom. The molecule has 0 atom stereocenters. The van der Waals surface area contributed by atoms with Gasteiger partial charge < -0.3 is 4.74 Å². The molecule has 0 spiro atoms. The highest BCUT2D eigenvalue weighted by Gasteiger charge is 2.38. The molecule has 1 saturated heterocycles. The molecule has 2 aliphatic rings. The van der Waals surface area contributed by atoms with Crippen molar-refractivity contribution in [2.24, 2.45) is 0 Å². The molecule has 0 saturated carbocycles. The van der Waals surface area contributed by atoms with Crippen LogP contribution in [0.5, 0.6) is 0 Å². The van der Waals surface area contributed by atoms with E-state index in [1.807, 2.05) is 0 Å². The molecular weight excluding hydrogens is 394 g/mol. The molecule has 2 heterocycles. The van der Waals surface area contributed by atoms with E-state index in [4.69, 9.17) is 17.0 Å². The van der Waals surface area contributed by atoms with Crippen LogP contribution in [0, 0.1) is 0 Å². The molecule has 0 bridgehead atoms. The Labute approximate surface area is 176 Å². The number of thioether (sulfide) groups is 2. The van der Waals surface area contributed by atoms with Crippen LogP contribution < -0.4 is 0 Å². The van der Waals surface area contributed by atoms with Crippen LogP contribution in [0.4, 0.5) is 0 Å². The number of rotatable bonds is 6. The van der Waals surface area contributed by atoms with E-state index in [0.29, 0.717) is 17.5 Å². The number of carbonyl (C=O) groups is 1. The van der Waals surface area contributed by atoms with E-state index in [1.165, 1.54) is 34.6 Å². The number of ether oxygens (including phenoxy) is 1. The monoisotopic (exact) mass is 421 g/mol. The van der Waals surface area contributed by atoms with Gasteiger partial charge in [0, 0.05) is 16.3 Å². The number of unbranched alkanes of at least 4 members (excludes halogenated alkanes) is 4. The number of nitrogens with zero attached hydrogens (tertiary/aromatic N) is 1. The lowest BCUT2D eigenvalue weighted by molar-refractivity contribution is -0.123. The zero-order valence-corrected chi connectivity index (χ0v) is 18.9. The first-order valence-electron chi connectivity index (χ1n) is 9.59. The Hall–Kier alpha value is -0.980. The van der Waals surface area contributed by atoms with Crippen molar-refractivity contribution < 1.29 is 9.53 Å². The third-order valence-electron chi connectivity index (χ3n) is 4.73. The third-order valence-corrected chi connectivity index (χ3v) is 7.54. The lowest BCUT2D eigenvalue weighted by atomic mass is 9.87. The molecule has 2 aliphatic heterocycles. The molecule has 1 aromatic rings. The lowest BCUT2D eigenvalue weighted by Crippen LogP contribution is -2.29. The second kappa shape index (κ2) is 8.58. The average Bonchev–Trinajstić information content (AvgIpc) is 3.15. The van der Waals surface area contributed by atoms with Crippen LogP contribution in [0.2, 0.25) is 0 Å². The number of carbonyl (C=O) groups excluding carboxylic acids is 1. The van der Waals surface area contributed by atoms with Crippen molar-refractivity contribution in [1.29, 1.82) is 0 Å². The van der Waals surface area contributed by atoms with E-state index in [2.05, 4.69) is 45.9 Å². The summed E-state index contributed by atoms with van der Waals surface area (Å²) >= 11 is 8.54. The molecule has 1 fully saturated rings. The molecule has 6 heteroatoms. The van der Waals surface area contributed by atoms with Gasteiger partial charge in [-0.1, -0.05) is 83.0 Å². The maximum absolute atomic E-state index is 12.8. The molecule has 0 N–H and O–H groups in total. The van der Waals surface area contributed by atoms with Gasteiger partial charge >= 0.3 is 0 Å². The highest BCUT2D eigenvalue weighted by molar-refractivity contribution is 8.24. The van der Waals surface area contributed by atoms with Gasteiger partial charge in [0.2, 0.25) is 5.76 Å². The minimum Gasteiger partial charge on any atom is -0.424 e. The van der Waals surface area contributed by atoms with Crippen molar-refractivity contribution >= 4 is 46.8 Å². The van der Waals surface area contributed by atoms with Crippen LogP contribution in [0.1, 0.15) is 65.4 Å². The Kier molecular flexibility index (Phi) is 6.59. The zero-order chi connectivity index (χ0) is 19.6. The molecule has 0 unspecified atom stereocenters. The zero-order valence-electron chi connectivity index (χ0n) is 16.5. The van der Waals surface area contributed by atoms with Crippen molar-refractivity contribution in [1.82, 2.24) is 4.90 Å². The molecular formula is C21H27NO2S3. The first-order chi connectivity index (χ1) is 12.8. The van der Waals surface area contributed by atoms with Gasteiger partial charge in [-0.05, 0) is 41.7 Å². The molecule has 146 valence electrons.